The molecule has 1 atom stereocenters. The quantitative estimate of drug-likeness (QED) is 0.805. The van der Waals surface area contributed by atoms with Crippen molar-refractivity contribution in [1.29, 1.82) is 0 Å². The lowest BCUT2D eigenvalue weighted by Gasteiger charge is -2.23. The molecule has 102 valence electrons. The summed E-state index contributed by atoms with van der Waals surface area (Å²) >= 11 is 0. The van der Waals surface area contributed by atoms with E-state index < -0.39 is 23.6 Å². The third-order valence-corrected chi connectivity index (χ3v) is 2.75. The first-order valence-corrected chi connectivity index (χ1v) is 5.79. The van der Waals surface area contributed by atoms with Crippen molar-refractivity contribution in [1.82, 2.24) is 5.32 Å². The average Bonchev–Trinajstić information content (AvgIpc) is 2.23. The van der Waals surface area contributed by atoms with Crippen LogP contribution in [0.3, 0.4) is 0 Å². The highest BCUT2D eigenvalue weighted by atomic mass is 19.4. The first-order chi connectivity index (χ1) is 8.25. The summed E-state index contributed by atoms with van der Waals surface area (Å²) in [5.41, 5.74) is -0.803. The van der Waals surface area contributed by atoms with Gasteiger partial charge in [-0.3, -0.25) is 0 Å². The molecule has 0 aromatic heterocycles. The van der Waals surface area contributed by atoms with E-state index in [1.165, 1.54) is 0 Å². The molecule has 5 heteroatoms. The topological polar surface area (TPSA) is 12.0 Å². The molecule has 0 saturated heterocycles. The van der Waals surface area contributed by atoms with E-state index in [1.54, 1.807) is 7.05 Å². The fourth-order valence-corrected chi connectivity index (χ4v) is 1.95. The Bertz CT molecular complexity index is 398. The van der Waals surface area contributed by atoms with Gasteiger partial charge in [-0.15, -0.1) is 0 Å². The Balaban J connectivity index is 3.22. The Kier molecular flexibility index (Phi) is 4.73. The molecule has 0 heterocycles. The molecule has 1 rings (SSSR count). The molecule has 0 bridgehead atoms. The third kappa shape index (κ3) is 3.70. The lowest BCUT2D eigenvalue weighted by molar-refractivity contribution is -0.138. The first-order valence-electron chi connectivity index (χ1n) is 5.79. The SMILES string of the molecule is CNC(CC(C)C)c1cc(F)ccc1C(F)(F)F. The van der Waals surface area contributed by atoms with Crippen LogP contribution in [-0.4, -0.2) is 7.05 Å². The molecule has 0 amide bonds. The van der Waals surface area contributed by atoms with Gasteiger partial charge in [0.15, 0.2) is 0 Å². The van der Waals surface area contributed by atoms with Gasteiger partial charge in [-0.25, -0.2) is 4.39 Å². The zero-order chi connectivity index (χ0) is 13.9. The maximum absolute atomic E-state index is 13.2. The van der Waals surface area contributed by atoms with Crippen LogP contribution >= 0.6 is 0 Å². The highest BCUT2D eigenvalue weighted by Crippen LogP contribution is 2.36. The van der Waals surface area contributed by atoms with E-state index in [0.29, 0.717) is 6.42 Å². The van der Waals surface area contributed by atoms with Gasteiger partial charge in [0, 0.05) is 6.04 Å². The summed E-state index contributed by atoms with van der Waals surface area (Å²) in [7, 11) is 1.58. The van der Waals surface area contributed by atoms with Crippen molar-refractivity contribution >= 4 is 0 Å². The second-order valence-corrected chi connectivity index (χ2v) is 4.70. The molecule has 1 aromatic carbocycles. The molecule has 18 heavy (non-hydrogen) atoms. The van der Waals surface area contributed by atoms with Crippen LogP contribution in [0.25, 0.3) is 0 Å². The molecule has 0 fully saturated rings. The molecule has 1 nitrogen and oxygen atoms in total. The van der Waals surface area contributed by atoms with Crippen molar-refractivity contribution < 1.29 is 17.6 Å². The molecule has 1 N–H and O–H groups in total. The summed E-state index contributed by atoms with van der Waals surface area (Å²) in [6, 6.07) is 2.10. The Morgan fingerprint density at radius 1 is 1.22 bits per heavy atom. The first kappa shape index (κ1) is 15.0. The number of halogens is 4. The number of hydrogen-bond donors (Lipinski definition) is 1. The Hall–Kier alpha value is -1.10. The van der Waals surface area contributed by atoms with Gasteiger partial charge >= 0.3 is 6.18 Å². The monoisotopic (exact) mass is 263 g/mol. The van der Waals surface area contributed by atoms with Crippen molar-refractivity contribution in [3.05, 3.63) is 35.1 Å². The van der Waals surface area contributed by atoms with Crippen molar-refractivity contribution in [3.63, 3.8) is 0 Å². The number of rotatable bonds is 4. The number of hydrogen-bond acceptors (Lipinski definition) is 1. The van der Waals surface area contributed by atoms with Crippen LogP contribution in [0.5, 0.6) is 0 Å². The van der Waals surface area contributed by atoms with Crippen molar-refractivity contribution in [3.8, 4) is 0 Å². The predicted octanol–water partition coefficient (Wildman–Crippen LogP) is 4.15. The van der Waals surface area contributed by atoms with Crippen molar-refractivity contribution in [2.45, 2.75) is 32.5 Å². The average molecular weight is 263 g/mol. The third-order valence-electron chi connectivity index (χ3n) is 2.75. The molecule has 1 unspecified atom stereocenters. The van der Waals surface area contributed by atoms with Crippen LogP contribution in [0.15, 0.2) is 18.2 Å². The van der Waals surface area contributed by atoms with Gasteiger partial charge in [0.05, 0.1) is 5.56 Å². The highest BCUT2D eigenvalue weighted by Gasteiger charge is 2.35. The van der Waals surface area contributed by atoms with Crippen LogP contribution < -0.4 is 5.32 Å². The molecule has 0 aliphatic heterocycles. The van der Waals surface area contributed by atoms with E-state index in [4.69, 9.17) is 0 Å². The minimum absolute atomic E-state index is 0.0290. The van der Waals surface area contributed by atoms with E-state index in [1.807, 2.05) is 13.8 Å². The summed E-state index contributed by atoms with van der Waals surface area (Å²) in [6.07, 6.45) is -3.95. The molecule has 0 radical (unpaired) electrons. The second kappa shape index (κ2) is 5.69. The normalized spacial score (nSPS) is 14.0. The second-order valence-electron chi connectivity index (χ2n) is 4.70. The molecular formula is C13H17F4N. The van der Waals surface area contributed by atoms with E-state index >= 15 is 0 Å². The van der Waals surface area contributed by atoms with E-state index in [0.717, 1.165) is 18.2 Å². The lowest BCUT2D eigenvalue weighted by atomic mass is 9.93. The van der Waals surface area contributed by atoms with Gasteiger partial charge in [-0.05, 0) is 43.1 Å². The van der Waals surface area contributed by atoms with Crippen LogP contribution in [0, 0.1) is 11.7 Å². The smallest absolute Gasteiger partial charge is 0.313 e. The van der Waals surface area contributed by atoms with Gasteiger partial charge in [0.25, 0.3) is 0 Å². The van der Waals surface area contributed by atoms with Gasteiger partial charge < -0.3 is 5.32 Å². The summed E-state index contributed by atoms with van der Waals surface area (Å²) in [5, 5.41) is 2.82. The Labute approximate surface area is 104 Å². The standard InChI is InChI=1S/C13H17F4N/c1-8(2)6-12(18-3)10-7-9(14)4-5-11(10)13(15,16)17/h4-5,7-8,12,18H,6H2,1-3H3. The van der Waals surface area contributed by atoms with Gasteiger partial charge in [0.2, 0.25) is 0 Å². The predicted molar refractivity (Wildman–Crippen MR) is 62.7 cm³/mol. The molecule has 0 spiro atoms. The van der Waals surface area contributed by atoms with Gasteiger partial charge in [-0.1, -0.05) is 13.8 Å². The molecule has 0 aliphatic rings. The van der Waals surface area contributed by atoms with Crippen LogP contribution in [-0.2, 0) is 6.18 Å². The van der Waals surface area contributed by atoms with E-state index in [2.05, 4.69) is 5.32 Å². The fraction of sp³-hybridized carbons (Fsp3) is 0.538. The van der Waals surface area contributed by atoms with E-state index in [9.17, 15) is 17.6 Å². The van der Waals surface area contributed by atoms with Crippen LogP contribution in [0.2, 0.25) is 0 Å². The Morgan fingerprint density at radius 3 is 2.28 bits per heavy atom. The number of nitrogens with one attached hydrogen (secondary N) is 1. The maximum Gasteiger partial charge on any atom is 0.416 e. The minimum Gasteiger partial charge on any atom is -0.313 e. The zero-order valence-electron chi connectivity index (χ0n) is 10.6. The Morgan fingerprint density at radius 2 is 1.83 bits per heavy atom. The number of benzene rings is 1. The molecule has 0 saturated carbocycles. The van der Waals surface area contributed by atoms with Crippen LogP contribution in [0.1, 0.15) is 37.4 Å². The highest BCUT2D eigenvalue weighted by molar-refractivity contribution is 5.33. The number of alkyl halides is 3. The minimum atomic E-state index is -4.46. The van der Waals surface area contributed by atoms with Gasteiger partial charge in [-0.2, -0.15) is 13.2 Å². The summed E-state index contributed by atoms with van der Waals surface area (Å²) in [5.74, 6) is -0.436. The zero-order valence-corrected chi connectivity index (χ0v) is 10.6. The summed E-state index contributed by atoms with van der Waals surface area (Å²) in [4.78, 5) is 0. The maximum atomic E-state index is 13.2. The fourth-order valence-electron chi connectivity index (χ4n) is 1.95. The van der Waals surface area contributed by atoms with Gasteiger partial charge in [0.1, 0.15) is 5.82 Å². The molecule has 0 aliphatic carbocycles. The van der Waals surface area contributed by atoms with Crippen LogP contribution in [0.4, 0.5) is 17.6 Å². The van der Waals surface area contributed by atoms with E-state index in [-0.39, 0.29) is 11.5 Å². The summed E-state index contributed by atoms with van der Waals surface area (Å²) < 4.78 is 51.8. The largest absolute Gasteiger partial charge is 0.416 e. The lowest BCUT2D eigenvalue weighted by Crippen LogP contribution is -2.22. The molecular weight excluding hydrogens is 246 g/mol. The van der Waals surface area contributed by atoms with Crippen molar-refractivity contribution in [2.75, 3.05) is 7.05 Å². The van der Waals surface area contributed by atoms with Crippen molar-refractivity contribution in [2.24, 2.45) is 5.92 Å². The summed E-state index contributed by atoms with van der Waals surface area (Å²) in [6.45, 7) is 3.83. The molecule has 1 aromatic rings.